The van der Waals surface area contributed by atoms with Crippen LogP contribution in [0.2, 0.25) is 0 Å². The number of nitrogens with zero attached hydrogens (tertiary/aromatic N) is 1. The molecule has 1 atom stereocenters. The first-order chi connectivity index (χ1) is 11.2. The first kappa shape index (κ1) is 16.9. The number of hydrogen-bond donors (Lipinski definition) is 1. The smallest absolute Gasteiger partial charge is 0.326 e. The highest BCUT2D eigenvalue weighted by Gasteiger charge is 2.25. The lowest BCUT2D eigenvalue weighted by Gasteiger charge is -2.31. The van der Waals surface area contributed by atoms with Crippen molar-refractivity contribution >= 4 is 11.7 Å². The minimum absolute atomic E-state index is 0.537. The monoisotopic (exact) mass is 313 g/mol. The summed E-state index contributed by atoms with van der Waals surface area (Å²) >= 11 is 0. The normalized spacial score (nSPS) is 11.7. The standard InChI is InChI=1S/C19H23NO3/c1-3-14-20(16(4-2)19(21)22)17-12-8-9-13-18(17)23-15-10-6-5-7-11-15/h5-13,16H,3-4,14H2,1-2H3,(H,21,22). The largest absolute Gasteiger partial charge is 0.480 e. The van der Waals surface area contributed by atoms with Crippen LogP contribution in [0.5, 0.6) is 11.5 Å². The lowest BCUT2D eigenvalue weighted by molar-refractivity contribution is -0.138. The van der Waals surface area contributed by atoms with Crippen LogP contribution in [0.15, 0.2) is 54.6 Å². The van der Waals surface area contributed by atoms with E-state index in [1.165, 1.54) is 0 Å². The summed E-state index contributed by atoms with van der Waals surface area (Å²) in [5.41, 5.74) is 0.812. The molecule has 0 aromatic heterocycles. The molecule has 4 heteroatoms. The zero-order valence-electron chi connectivity index (χ0n) is 13.6. The fraction of sp³-hybridized carbons (Fsp3) is 0.316. The summed E-state index contributed by atoms with van der Waals surface area (Å²) in [6.45, 7) is 4.60. The minimum atomic E-state index is -0.810. The number of anilines is 1. The third kappa shape index (κ3) is 4.25. The molecular weight excluding hydrogens is 290 g/mol. The molecule has 2 aromatic carbocycles. The van der Waals surface area contributed by atoms with Crippen LogP contribution in [0.4, 0.5) is 5.69 Å². The quantitative estimate of drug-likeness (QED) is 0.776. The van der Waals surface area contributed by atoms with Crippen molar-refractivity contribution in [2.45, 2.75) is 32.7 Å². The average Bonchev–Trinajstić information content (AvgIpc) is 2.56. The molecule has 23 heavy (non-hydrogen) atoms. The average molecular weight is 313 g/mol. The highest BCUT2D eigenvalue weighted by atomic mass is 16.5. The Morgan fingerprint density at radius 1 is 1.09 bits per heavy atom. The SMILES string of the molecule is CCCN(c1ccccc1Oc1ccccc1)C(CC)C(=O)O. The van der Waals surface area contributed by atoms with Crippen LogP contribution in [0, 0.1) is 0 Å². The molecule has 0 spiro atoms. The molecular formula is C19H23NO3. The topological polar surface area (TPSA) is 49.8 Å². The molecule has 0 bridgehead atoms. The van der Waals surface area contributed by atoms with E-state index in [4.69, 9.17) is 4.74 Å². The predicted molar refractivity (Wildman–Crippen MR) is 92.3 cm³/mol. The van der Waals surface area contributed by atoms with E-state index < -0.39 is 12.0 Å². The van der Waals surface area contributed by atoms with E-state index in [0.29, 0.717) is 18.7 Å². The predicted octanol–water partition coefficient (Wildman–Crippen LogP) is 4.56. The summed E-state index contributed by atoms with van der Waals surface area (Å²) < 4.78 is 5.98. The molecule has 0 saturated carbocycles. The van der Waals surface area contributed by atoms with Crippen molar-refractivity contribution in [2.24, 2.45) is 0 Å². The van der Waals surface area contributed by atoms with Gasteiger partial charge in [-0.2, -0.15) is 0 Å². The molecule has 122 valence electrons. The number of ether oxygens (including phenoxy) is 1. The van der Waals surface area contributed by atoms with Crippen LogP contribution in [0.1, 0.15) is 26.7 Å². The molecule has 2 aromatic rings. The second-order valence-corrected chi connectivity index (χ2v) is 5.34. The van der Waals surface area contributed by atoms with Crippen LogP contribution >= 0.6 is 0 Å². The van der Waals surface area contributed by atoms with E-state index in [2.05, 4.69) is 0 Å². The lowest BCUT2D eigenvalue weighted by Crippen LogP contribution is -2.41. The van der Waals surface area contributed by atoms with Gasteiger partial charge in [0, 0.05) is 6.54 Å². The van der Waals surface area contributed by atoms with Crippen molar-refractivity contribution in [2.75, 3.05) is 11.4 Å². The number of rotatable bonds is 8. The highest BCUT2D eigenvalue weighted by molar-refractivity contribution is 5.79. The molecule has 2 rings (SSSR count). The molecule has 0 aliphatic heterocycles. The molecule has 4 nitrogen and oxygen atoms in total. The van der Waals surface area contributed by atoms with E-state index in [-0.39, 0.29) is 0 Å². The van der Waals surface area contributed by atoms with Gasteiger partial charge in [0.05, 0.1) is 5.69 Å². The Kier molecular flexibility index (Phi) is 6.03. The van der Waals surface area contributed by atoms with Crippen LogP contribution in [-0.2, 0) is 4.79 Å². The number of carbonyl (C=O) groups is 1. The van der Waals surface area contributed by atoms with Crippen LogP contribution < -0.4 is 9.64 Å². The minimum Gasteiger partial charge on any atom is -0.480 e. The van der Waals surface area contributed by atoms with Gasteiger partial charge in [-0.05, 0) is 37.1 Å². The van der Waals surface area contributed by atoms with Crippen molar-refractivity contribution in [1.29, 1.82) is 0 Å². The molecule has 0 radical (unpaired) electrons. The number of hydrogen-bond acceptors (Lipinski definition) is 3. The summed E-state index contributed by atoms with van der Waals surface area (Å²) in [7, 11) is 0. The summed E-state index contributed by atoms with van der Waals surface area (Å²) in [5.74, 6) is 0.599. The molecule has 0 aliphatic rings. The second kappa shape index (κ2) is 8.22. The molecule has 1 unspecified atom stereocenters. The van der Waals surface area contributed by atoms with Crippen molar-refractivity contribution < 1.29 is 14.6 Å². The second-order valence-electron chi connectivity index (χ2n) is 5.34. The third-order valence-electron chi connectivity index (χ3n) is 3.66. The van der Waals surface area contributed by atoms with Gasteiger partial charge in [0.25, 0.3) is 0 Å². The van der Waals surface area contributed by atoms with E-state index in [0.717, 1.165) is 17.9 Å². The van der Waals surface area contributed by atoms with Gasteiger partial charge in [-0.25, -0.2) is 4.79 Å². The zero-order valence-corrected chi connectivity index (χ0v) is 13.6. The van der Waals surface area contributed by atoms with Crippen LogP contribution in [0.3, 0.4) is 0 Å². The number of benzene rings is 2. The van der Waals surface area contributed by atoms with Gasteiger partial charge in [-0.1, -0.05) is 44.2 Å². The summed E-state index contributed by atoms with van der Waals surface area (Å²) in [6.07, 6.45) is 1.40. The van der Waals surface area contributed by atoms with Crippen LogP contribution in [-0.4, -0.2) is 23.7 Å². The van der Waals surface area contributed by atoms with Crippen molar-refractivity contribution in [3.05, 3.63) is 54.6 Å². The Labute approximate surface area is 137 Å². The Hall–Kier alpha value is -2.49. The third-order valence-corrected chi connectivity index (χ3v) is 3.66. The van der Waals surface area contributed by atoms with Crippen molar-refractivity contribution in [3.8, 4) is 11.5 Å². The van der Waals surface area contributed by atoms with Gasteiger partial charge in [0.1, 0.15) is 11.8 Å². The van der Waals surface area contributed by atoms with E-state index in [1.54, 1.807) is 0 Å². The first-order valence-corrected chi connectivity index (χ1v) is 7.98. The summed E-state index contributed by atoms with van der Waals surface area (Å²) in [6, 6.07) is 16.6. The molecule has 0 amide bonds. The van der Waals surface area contributed by atoms with Gasteiger partial charge >= 0.3 is 5.97 Å². The van der Waals surface area contributed by atoms with Crippen LogP contribution in [0.25, 0.3) is 0 Å². The number of carboxylic acid groups (broad SMARTS) is 1. The van der Waals surface area contributed by atoms with Gasteiger partial charge < -0.3 is 14.7 Å². The lowest BCUT2D eigenvalue weighted by atomic mass is 10.1. The van der Waals surface area contributed by atoms with E-state index >= 15 is 0 Å². The summed E-state index contributed by atoms with van der Waals surface area (Å²) in [4.78, 5) is 13.5. The maximum absolute atomic E-state index is 11.6. The van der Waals surface area contributed by atoms with Crippen molar-refractivity contribution in [3.63, 3.8) is 0 Å². The van der Waals surface area contributed by atoms with Gasteiger partial charge in [0.2, 0.25) is 0 Å². The molecule has 1 N–H and O–H groups in total. The van der Waals surface area contributed by atoms with Crippen molar-refractivity contribution in [1.82, 2.24) is 0 Å². The first-order valence-electron chi connectivity index (χ1n) is 7.98. The zero-order chi connectivity index (χ0) is 16.7. The number of carboxylic acids is 1. The molecule has 0 fully saturated rings. The molecule has 0 aliphatic carbocycles. The van der Waals surface area contributed by atoms with Gasteiger partial charge in [-0.15, -0.1) is 0 Å². The fourth-order valence-corrected chi connectivity index (χ4v) is 2.61. The maximum Gasteiger partial charge on any atom is 0.326 e. The van der Waals surface area contributed by atoms with E-state index in [1.807, 2.05) is 73.3 Å². The Morgan fingerprint density at radius 2 is 1.74 bits per heavy atom. The molecule has 0 saturated heterocycles. The maximum atomic E-state index is 11.6. The van der Waals surface area contributed by atoms with Gasteiger partial charge in [-0.3, -0.25) is 0 Å². The Bertz CT molecular complexity index is 628. The van der Waals surface area contributed by atoms with Gasteiger partial charge in [0.15, 0.2) is 5.75 Å². The number of aliphatic carboxylic acids is 1. The fourth-order valence-electron chi connectivity index (χ4n) is 2.61. The molecule has 0 heterocycles. The summed E-state index contributed by atoms with van der Waals surface area (Å²) in [5, 5.41) is 9.53. The highest BCUT2D eigenvalue weighted by Crippen LogP contribution is 2.33. The Balaban J connectivity index is 2.37. The van der Waals surface area contributed by atoms with E-state index in [9.17, 15) is 9.90 Å². The Morgan fingerprint density at radius 3 is 2.35 bits per heavy atom. The number of para-hydroxylation sites is 3.